The number of aromatic nitrogens is 2. The molecule has 188 valence electrons. The molecule has 1 aromatic heterocycles. The number of benzene rings is 3. The summed E-state index contributed by atoms with van der Waals surface area (Å²) in [7, 11) is 0. The molecule has 3 aromatic carbocycles. The van der Waals surface area contributed by atoms with Crippen molar-refractivity contribution in [3.05, 3.63) is 95.7 Å². The Kier molecular flexibility index (Phi) is 7.54. The zero-order valence-corrected chi connectivity index (χ0v) is 20.8. The maximum Gasteiger partial charge on any atom is 0.303 e. The van der Waals surface area contributed by atoms with Gasteiger partial charge in [0.25, 0.3) is 5.91 Å². The average Bonchev–Trinajstić information content (AvgIpc) is 2.95. The molecule has 37 heavy (non-hydrogen) atoms. The second-order valence-electron chi connectivity index (χ2n) is 9.69. The Morgan fingerprint density at radius 1 is 0.892 bits per heavy atom. The number of carbonyl (C=O) groups excluding carboxylic acids is 1. The summed E-state index contributed by atoms with van der Waals surface area (Å²) in [6.07, 6.45) is 4.13. The zero-order valence-electron chi connectivity index (χ0n) is 20.8. The Labute approximate surface area is 217 Å². The van der Waals surface area contributed by atoms with Crippen LogP contribution in [0.4, 0.5) is 0 Å². The number of carbonyl (C=O) groups is 2. The Morgan fingerprint density at radius 3 is 2.41 bits per heavy atom. The minimum absolute atomic E-state index is 0.0273. The largest absolute Gasteiger partial charge is 0.481 e. The molecule has 1 saturated heterocycles. The molecule has 0 aliphatic carbocycles. The highest BCUT2D eigenvalue weighted by Gasteiger charge is 2.26. The van der Waals surface area contributed by atoms with E-state index in [9.17, 15) is 9.59 Å². The quantitative estimate of drug-likeness (QED) is 0.299. The van der Waals surface area contributed by atoms with Gasteiger partial charge < -0.3 is 10.0 Å². The van der Waals surface area contributed by atoms with E-state index in [0.29, 0.717) is 42.8 Å². The van der Waals surface area contributed by atoms with Gasteiger partial charge in [0.2, 0.25) is 0 Å². The summed E-state index contributed by atoms with van der Waals surface area (Å²) in [5, 5.41) is 8.99. The van der Waals surface area contributed by atoms with Gasteiger partial charge in [0.05, 0.1) is 22.4 Å². The number of rotatable bonds is 8. The number of nitrogens with zero attached hydrogens (tertiary/aromatic N) is 3. The van der Waals surface area contributed by atoms with Crippen molar-refractivity contribution in [1.29, 1.82) is 0 Å². The number of likely N-dealkylation sites (tertiary alicyclic amines) is 1. The highest BCUT2D eigenvalue weighted by atomic mass is 16.4. The maximum atomic E-state index is 13.5. The molecule has 4 aromatic rings. The molecule has 6 nitrogen and oxygen atoms in total. The van der Waals surface area contributed by atoms with Crippen LogP contribution in [0.5, 0.6) is 0 Å². The molecule has 1 aliphatic rings. The second kappa shape index (κ2) is 11.3. The van der Waals surface area contributed by atoms with E-state index in [0.717, 1.165) is 41.9 Å². The van der Waals surface area contributed by atoms with Crippen molar-refractivity contribution in [3.8, 4) is 11.3 Å². The maximum absolute atomic E-state index is 13.5. The van der Waals surface area contributed by atoms with Crippen molar-refractivity contribution in [2.24, 2.45) is 0 Å². The van der Waals surface area contributed by atoms with Gasteiger partial charge in [0, 0.05) is 36.6 Å². The third-order valence-electron chi connectivity index (χ3n) is 7.06. The normalized spacial score (nSPS) is 15.6. The summed E-state index contributed by atoms with van der Waals surface area (Å²) >= 11 is 0. The van der Waals surface area contributed by atoms with Gasteiger partial charge in [0.15, 0.2) is 0 Å². The van der Waals surface area contributed by atoms with Crippen LogP contribution in [0.3, 0.4) is 0 Å². The molecule has 1 N–H and O–H groups in total. The predicted molar refractivity (Wildman–Crippen MR) is 144 cm³/mol. The summed E-state index contributed by atoms with van der Waals surface area (Å²) in [4.78, 5) is 36.3. The highest BCUT2D eigenvalue weighted by Crippen LogP contribution is 2.29. The number of hydrogen-bond donors (Lipinski definition) is 1. The van der Waals surface area contributed by atoms with Crippen LogP contribution in [0, 0.1) is 0 Å². The number of piperidine rings is 1. The number of amides is 1. The third-order valence-corrected chi connectivity index (χ3v) is 7.06. The van der Waals surface area contributed by atoms with E-state index < -0.39 is 5.97 Å². The molecular weight excluding hydrogens is 462 g/mol. The third kappa shape index (κ3) is 5.85. The van der Waals surface area contributed by atoms with E-state index in [1.54, 1.807) is 0 Å². The van der Waals surface area contributed by atoms with Crippen molar-refractivity contribution < 1.29 is 14.7 Å². The predicted octanol–water partition coefficient (Wildman–Crippen LogP) is 6.11. The number of carboxylic acids is 1. The molecular formula is C31H31N3O3. The first-order valence-electron chi connectivity index (χ1n) is 13.0. The zero-order chi connectivity index (χ0) is 25.6. The molecule has 1 amide bonds. The van der Waals surface area contributed by atoms with Gasteiger partial charge in [-0.15, -0.1) is 0 Å². The van der Waals surface area contributed by atoms with E-state index in [1.807, 2.05) is 59.5 Å². The summed E-state index contributed by atoms with van der Waals surface area (Å²) < 4.78 is 0. The molecule has 0 spiro atoms. The first-order chi connectivity index (χ1) is 18.1. The molecule has 1 fully saturated rings. The number of carboxylic acid groups (broad SMARTS) is 1. The van der Waals surface area contributed by atoms with Crippen LogP contribution < -0.4 is 0 Å². The van der Waals surface area contributed by atoms with Crippen LogP contribution >= 0.6 is 0 Å². The number of aliphatic carboxylic acids is 1. The molecule has 0 radical (unpaired) electrons. The van der Waals surface area contributed by atoms with E-state index >= 15 is 0 Å². The van der Waals surface area contributed by atoms with Crippen molar-refractivity contribution in [3.63, 3.8) is 0 Å². The van der Waals surface area contributed by atoms with Crippen molar-refractivity contribution in [2.75, 3.05) is 13.1 Å². The van der Waals surface area contributed by atoms with Crippen molar-refractivity contribution >= 4 is 22.9 Å². The summed E-state index contributed by atoms with van der Waals surface area (Å²) in [6.45, 7) is 1.47. The van der Waals surface area contributed by atoms with Crippen LogP contribution in [0.25, 0.3) is 22.3 Å². The summed E-state index contributed by atoms with van der Waals surface area (Å²) in [5.41, 5.74) is 5.96. The van der Waals surface area contributed by atoms with Gasteiger partial charge in [0.1, 0.15) is 0 Å². The van der Waals surface area contributed by atoms with E-state index in [2.05, 4.69) is 24.3 Å². The lowest BCUT2D eigenvalue weighted by molar-refractivity contribution is -0.137. The van der Waals surface area contributed by atoms with Gasteiger partial charge in [-0.3, -0.25) is 9.59 Å². The highest BCUT2D eigenvalue weighted by molar-refractivity contribution is 5.97. The van der Waals surface area contributed by atoms with Crippen molar-refractivity contribution in [2.45, 2.75) is 44.4 Å². The molecule has 0 unspecified atom stereocenters. The number of aryl methyl sites for hydroxylation is 1. The lowest BCUT2D eigenvalue weighted by Crippen LogP contribution is -2.39. The van der Waals surface area contributed by atoms with Gasteiger partial charge >= 0.3 is 5.97 Å². The molecule has 0 bridgehead atoms. The molecule has 6 heteroatoms. The Hall–Kier alpha value is -4.06. The number of hydrogen-bond acceptors (Lipinski definition) is 4. The van der Waals surface area contributed by atoms with Crippen LogP contribution in [-0.4, -0.2) is 44.9 Å². The van der Waals surface area contributed by atoms with Gasteiger partial charge in [-0.05, 0) is 55.9 Å². The molecule has 1 atom stereocenters. The van der Waals surface area contributed by atoms with Gasteiger partial charge in [-0.1, -0.05) is 60.7 Å². The topological polar surface area (TPSA) is 83.4 Å². The first-order valence-corrected chi connectivity index (χ1v) is 13.0. The van der Waals surface area contributed by atoms with Crippen LogP contribution in [-0.2, 0) is 11.2 Å². The average molecular weight is 494 g/mol. The molecule has 2 heterocycles. The molecule has 0 saturated carbocycles. The fourth-order valence-corrected chi connectivity index (χ4v) is 5.14. The second-order valence-corrected chi connectivity index (χ2v) is 9.69. The Morgan fingerprint density at radius 2 is 1.65 bits per heavy atom. The van der Waals surface area contributed by atoms with Crippen LogP contribution in [0.2, 0.25) is 0 Å². The van der Waals surface area contributed by atoms with Crippen LogP contribution in [0.1, 0.15) is 59.6 Å². The summed E-state index contributed by atoms with van der Waals surface area (Å²) in [5.74, 6) is -0.410. The fraction of sp³-hybridized carbons (Fsp3) is 0.290. The standard InChI is InChI=1S/C31H31N3O3/c35-29(36)16-8-7-15-27-30(23-12-5-2-6-13-23)33-26-18-17-24(20-28(26)32-27)31(37)34-19-9-14-25(21-34)22-10-3-1-4-11-22/h1-6,10-13,17-18,20,25H,7-9,14-16,19,21H2,(H,35,36)/t25-/m0/s1. The summed E-state index contributed by atoms with van der Waals surface area (Å²) in [6, 6.07) is 25.9. The SMILES string of the molecule is O=C(O)CCCCc1nc2cc(C(=O)N3CCC[C@H](c4ccccc4)C3)ccc2nc1-c1ccccc1. The molecule has 1 aliphatic heterocycles. The monoisotopic (exact) mass is 493 g/mol. The number of unbranched alkanes of at least 4 members (excludes halogenated alkanes) is 1. The van der Waals surface area contributed by atoms with E-state index in [-0.39, 0.29) is 12.3 Å². The van der Waals surface area contributed by atoms with Gasteiger partial charge in [-0.25, -0.2) is 9.97 Å². The minimum atomic E-state index is -0.789. The van der Waals surface area contributed by atoms with Crippen LogP contribution in [0.15, 0.2) is 78.9 Å². The fourth-order valence-electron chi connectivity index (χ4n) is 5.14. The lowest BCUT2D eigenvalue weighted by Gasteiger charge is -2.33. The number of fused-ring (bicyclic) bond motifs is 1. The smallest absolute Gasteiger partial charge is 0.303 e. The van der Waals surface area contributed by atoms with Crippen molar-refractivity contribution in [1.82, 2.24) is 14.9 Å². The Bertz CT molecular complexity index is 1390. The van der Waals surface area contributed by atoms with E-state index in [1.165, 1.54) is 5.56 Å². The molecule has 5 rings (SSSR count). The minimum Gasteiger partial charge on any atom is -0.481 e. The Balaban J connectivity index is 1.41. The first kappa shape index (κ1) is 24.6. The van der Waals surface area contributed by atoms with E-state index in [4.69, 9.17) is 15.1 Å². The lowest BCUT2D eigenvalue weighted by atomic mass is 9.90. The van der Waals surface area contributed by atoms with Gasteiger partial charge in [-0.2, -0.15) is 0 Å².